The van der Waals surface area contributed by atoms with Crippen molar-refractivity contribution in [3.8, 4) is 0 Å². The second kappa shape index (κ2) is 9.26. The molecule has 0 atom stereocenters. The van der Waals surface area contributed by atoms with Crippen LogP contribution in [0.1, 0.15) is 26.3 Å². The Morgan fingerprint density at radius 1 is 0.964 bits per heavy atom. The Kier molecular flexibility index (Phi) is 7.04. The molecule has 2 aromatic carbocycles. The van der Waals surface area contributed by atoms with Crippen LogP contribution >= 0.6 is 0 Å². The Morgan fingerprint density at radius 3 is 2.21 bits per heavy atom. The van der Waals surface area contributed by atoms with Crippen molar-refractivity contribution in [2.75, 3.05) is 30.9 Å². The summed E-state index contributed by atoms with van der Waals surface area (Å²) in [5.41, 5.74) is 2.17. The molecule has 2 aromatic rings. The zero-order valence-electron chi connectivity index (χ0n) is 17.2. The molecule has 0 saturated heterocycles. The molecule has 0 heterocycles. The van der Waals surface area contributed by atoms with E-state index in [1.54, 1.807) is 27.8 Å². The number of hydrogen-bond acceptors (Lipinski definition) is 4. The van der Waals surface area contributed by atoms with Gasteiger partial charge in [-0.3, -0.25) is 4.79 Å². The fourth-order valence-electron chi connectivity index (χ4n) is 2.66. The van der Waals surface area contributed by atoms with Crippen molar-refractivity contribution in [1.29, 1.82) is 0 Å². The lowest BCUT2D eigenvalue weighted by Gasteiger charge is -2.25. The monoisotopic (exact) mass is 383 g/mol. The van der Waals surface area contributed by atoms with E-state index in [0.717, 1.165) is 5.69 Å². The van der Waals surface area contributed by atoms with Gasteiger partial charge in [0.1, 0.15) is 12.1 Å². The smallest absolute Gasteiger partial charge is 0.410 e. The molecule has 0 spiro atoms. The lowest BCUT2D eigenvalue weighted by molar-refractivity contribution is -0.117. The molecule has 0 aliphatic carbocycles. The lowest BCUT2D eigenvalue weighted by Crippen LogP contribution is -2.38. The number of ether oxygens (including phenoxy) is 1. The second-order valence-corrected chi connectivity index (χ2v) is 7.74. The highest BCUT2D eigenvalue weighted by Gasteiger charge is 2.21. The predicted octanol–water partition coefficient (Wildman–Crippen LogP) is 4.13. The van der Waals surface area contributed by atoms with E-state index in [0.29, 0.717) is 12.2 Å². The van der Waals surface area contributed by atoms with Gasteiger partial charge in [0.2, 0.25) is 5.91 Å². The van der Waals surface area contributed by atoms with Crippen LogP contribution in [0.4, 0.5) is 16.2 Å². The molecule has 2 rings (SSSR count). The van der Waals surface area contributed by atoms with Crippen LogP contribution in [-0.2, 0) is 16.1 Å². The van der Waals surface area contributed by atoms with Crippen LogP contribution in [0.3, 0.4) is 0 Å². The molecule has 0 radical (unpaired) electrons. The third-order valence-corrected chi connectivity index (χ3v) is 3.94. The second-order valence-electron chi connectivity index (χ2n) is 7.74. The Labute approximate surface area is 167 Å². The summed E-state index contributed by atoms with van der Waals surface area (Å²) >= 11 is 0. The summed E-state index contributed by atoms with van der Waals surface area (Å²) < 4.78 is 5.28. The molecule has 6 heteroatoms. The SMILES string of the molecule is CN(CC(=O)Nc1ccccc1N(C)Cc1ccccc1)C(=O)OC(C)(C)C. The molecule has 0 aliphatic rings. The minimum absolute atomic E-state index is 0.0916. The van der Waals surface area contributed by atoms with Crippen LogP contribution in [0.5, 0.6) is 0 Å². The van der Waals surface area contributed by atoms with E-state index in [2.05, 4.69) is 22.3 Å². The van der Waals surface area contributed by atoms with Gasteiger partial charge >= 0.3 is 6.09 Å². The number of rotatable bonds is 6. The highest BCUT2D eigenvalue weighted by molar-refractivity contribution is 5.96. The van der Waals surface area contributed by atoms with Crippen LogP contribution in [0, 0.1) is 0 Å². The number of amides is 2. The van der Waals surface area contributed by atoms with Crippen molar-refractivity contribution in [1.82, 2.24) is 4.90 Å². The van der Waals surface area contributed by atoms with Crippen LogP contribution in [0.15, 0.2) is 54.6 Å². The van der Waals surface area contributed by atoms with E-state index in [-0.39, 0.29) is 12.5 Å². The first-order chi connectivity index (χ1) is 13.2. The molecule has 0 unspecified atom stereocenters. The van der Waals surface area contributed by atoms with Gasteiger partial charge in [0, 0.05) is 20.6 Å². The third-order valence-electron chi connectivity index (χ3n) is 3.94. The molecule has 150 valence electrons. The lowest BCUT2D eigenvalue weighted by atomic mass is 10.2. The quantitative estimate of drug-likeness (QED) is 0.815. The number of carbonyl (C=O) groups excluding carboxylic acids is 2. The minimum atomic E-state index is -0.603. The van der Waals surface area contributed by atoms with E-state index in [1.165, 1.54) is 10.5 Å². The molecule has 2 amide bonds. The first-order valence-electron chi connectivity index (χ1n) is 9.24. The van der Waals surface area contributed by atoms with Crippen molar-refractivity contribution in [3.63, 3.8) is 0 Å². The number of hydrogen-bond donors (Lipinski definition) is 1. The summed E-state index contributed by atoms with van der Waals surface area (Å²) in [5.74, 6) is -0.283. The highest BCUT2D eigenvalue weighted by atomic mass is 16.6. The Hall–Kier alpha value is -3.02. The minimum Gasteiger partial charge on any atom is -0.444 e. The number of para-hydroxylation sites is 2. The average Bonchev–Trinajstić information content (AvgIpc) is 2.61. The first-order valence-corrected chi connectivity index (χ1v) is 9.24. The Morgan fingerprint density at radius 2 is 1.57 bits per heavy atom. The first kappa shape index (κ1) is 21.3. The maximum atomic E-state index is 12.4. The van der Waals surface area contributed by atoms with E-state index >= 15 is 0 Å². The Bertz CT molecular complexity index is 800. The van der Waals surface area contributed by atoms with Gasteiger partial charge < -0.3 is 19.9 Å². The van der Waals surface area contributed by atoms with Gasteiger partial charge in [0.05, 0.1) is 11.4 Å². The van der Waals surface area contributed by atoms with Gasteiger partial charge in [-0.15, -0.1) is 0 Å². The molecule has 6 nitrogen and oxygen atoms in total. The number of likely N-dealkylation sites (N-methyl/N-ethyl adjacent to an activating group) is 1. The summed E-state index contributed by atoms with van der Waals surface area (Å²) in [5, 5.41) is 2.90. The highest BCUT2D eigenvalue weighted by Crippen LogP contribution is 2.26. The number of carbonyl (C=O) groups is 2. The summed E-state index contributed by atoms with van der Waals surface area (Å²) in [7, 11) is 3.52. The summed E-state index contributed by atoms with van der Waals surface area (Å²) in [4.78, 5) is 27.8. The molecular weight excluding hydrogens is 354 g/mol. The fraction of sp³-hybridized carbons (Fsp3) is 0.364. The maximum Gasteiger partial charge on any atom is 0.410 e. The molecule has 0 bridgehead atoms. The van der Waals surface area contributed by atoms with Crippen molar-refractivity contribution in [2.24, 2.45) is 0 Å². The zero-order chi connectivity index (χ0) is 20.7. The van der Waals surface area contributed by atoms with Crippen molar-refractivity contribution in [3.05, 3.63) is 60.2 Å². The molecule has 0 aromatic heterocycles. The molecule has 0 fully saturated rings. The van der Waals surface area contributed by atoms with Gasteiger partial charge in [-0.2, -0.15) is 0 Å². The van der Waals surface area contributed by atoms with Gasteiger partial charge in [0.15, 0.2) is 0 Å². The number of nitrogens with one attached hydrogen (secondary N) is 1. The van der Waals surface area contributed by atoms with Crippen molar-refractivity contribution >= 4 is 23.4 Å². The molecular formula is C22H29N3O3. The summed E-state index contributed by atoms with van der Waals surface area (Å²) in [6.45, 7) is 5.99. The van der Waals surface area contributed by atoms with Crippen LogP contribution in [0.25, 0.3) is 0 Å². The summed E-state index contributed by atoms with van der Waals surface area (Å²) in [6, 6.07) is 17.7. The van der Waals surface area contributed by atoms with Gasteiger partial charge in [0.25, 0.3) is 0 Å². The summed E-state index contributed by atoms with van der Waals surface area (Å²) in [6.07, 6.45) is -0.530. The van der Waals surface area contributed by atoms with Crippen LogP contribution in [-0.4, -0.2) is 43.1 Å². The predicted molar refractivity (Wildman–Crippen MR) is 112 cm³/mol. The van der Waals surface area contributed by atoms with E-state index in [4.69, 9.17) is 4.74 Å². The standard InChI is InChI=1S/C22H29N3O3/c1-22(2,3)28-21(27)25(5)16-20(26)23-18-13-9-10-14-19(18)24(4)15-17-11-7-6-8-12-17/h6-14H,15-16H2,1-5H3,(H,23,26). The van der Waals surface area contributed by atoms with Crippen LogP contribution in [0.2, 0.25) is 0 Å². The van der Waals surface area contributed by atoms with E-state index in [9.17, 15) is 9.59 Å². The third kappa shape index (κ3) is 6.61. The van der Waals surface area contributed by atoms with Gasteiger partial charge in [-0.25, -0.2) is 4.79 Å². The van der Waals surface area contributed by atoms with Gasteiger partial charge in [-0.1, -0.05) is 42.5 Å². The molecule has 0 saturated carbocycles. The largest absolute Gasteiger partial charge is 0.444 e. The molecule has 0 aliphatic heterocycles. The van der Waals surface area contributed by atoms with E-state index < -0.39 is 11.7 Å². The maximum absolute atomic E-state index is 12.4. The van der Waals surface area contributed by atoms with Crippen molar-refractivity contribution in [2.45, 2.75) is 32.9 Å². The number of benzene rings is 2. The topological polar surface area (TPSA) is 61.9 Å². The average molecular weight is 383 g/mol. The van der Waals surface area contributed by atoms with Gasteiger partial charge in [-0.05, 0) is 38.5 Å². The fourth-order valence-corrected chi connectivity index (χ4v) is 2.66. The molecule has 28 heavy (non-hydrogen) atoms. The van der Waals surface area contributed by atoms with Crippen molar-refractivity contribution < 1.29 is 14.3 Å². The van der Waals surface area contributed by atoms with Crippen LogP contribution < -0.4 is 10.2 Å². The molecule has 1 N–H and O–H groups in total. The number of anilines is 2. The zero-order valence-corrected chi connectivity index (χ0v) is 17.2. The normalized spacial score (nSPS) is 10.9. The Balaban J connectivity index is 2.02. The van der Waals surface area contributed by atoms with E-state index in [1.807, 2.05) is 49.5 Å². The number of nitrogens with zero attached hydrogens (tertiary/aromatic N) is 2.